The monoisotopic (exact) mass is 380 g/mol. The number of H-pyrrole nitrogens is 2. The minimum absolute atomic E-state index is 0.0596. The van der Waals surface area contributed by atoms with Gasteiger partial charge in [-0.2, -0.15) is 5.10 Å². The molecule has 1 aliphatic heterocycles. The predicted octanol–water partition coefficient (Wildman–Crippen LogP) is 2.37. The Hall–Kier alpha value is -3.10. The molecule has 0 spiro atoms. The number of hydrogen-bond donors (Lipinski definition) is 3. The molecule has 1 saturated heterocycles. The van der Waals surface area contributed by atoms with Crippen molar-refractivity contribution in [3.63, 3.8) is 0 Å². The van der Waals surface area contributed by atoms with Crippen LogP contribution < -0.4 is 10.2 Å². The first-order valence-electron chi connectivity index (χ1n) is 9.67. The second-order valence-electron chi connectivity index (χ2n) is 7.96. The standard InChI is InChI=1S/C19H24N8O/c1-11-5-16(25-24-11)23-19(28)27-8-12-6-14(7-13(12)9-27)26(2)18-15-3-4-20-17(15)21-10-22-18/h3-5,10,12-14H,6-9H2,1-2H3,(H,20,21,22)(H2,23,24,25,28)/t12-,13+,14-. The number of anilines is 2. The Balaban J connectivity index is 1.23. The van der Waals surface area contributed by atoms with Crippen molar-refractivity contribution >= 4 is 28.7 Å². The zero-order chi connectivity index (χ0) is 19.3. The third-order valence-electron chi connectivity index (χ3n) is 6.17. The van der Waals surface area contributed by atoms with Gasteiger partial charge in [-0.1, -0.05) is 0 Å². The number of aromatic amines is 2. The summed E-state index contributed by atoms with van der Waals surface area (Å²) < 4.78 is 0. The van der Waals surface area contributed by atoms with Gasteiger partial charge in [-0.3, -0.25) is 10.4 Å². The number of nitrogens with one attached hydrogen (secondary N) is 3. The summed E-state index contributed by atoms with van der Waals surface area (Å²) in [4.78, 5) is 28.7. The molecule has 4 heterocycles. The number of nitrogens with zero attached hydrogens (tertiary/aromatic N) is 5. The fourth-order valence-corrected chi connectivity index (χ4v) is 4.73. The van der Waals surface area contributed by atoms with Gasteiger partial charge in [-0.05, 0) is 37.7 Å². The molecule has 0 aromatic carbocycles. The van der Waals surface area contributed by atoms with Gasteiger partial charge in [-0.25, -0.2) is 14.8 Å². The first-order valence-corrected chi connectivity index (χ1v) is 9.67. The first kappa shape index (κ1) is 17.0. The lowest BCUT2D eigenvalue weighted by Gasteiger charge is -2.28. The number of urea groups is 1. The van der Waals surface area contributed by atoms with Crippen LogP contribution in [-0.2, 0) is 0 Å². The van der Waals surface area contributed by atoms with E-state index in [4.69, 9.17) is 0 Å². The van der Waals surface area contributed by atoms with E-state index in [1.165, 1.54) is 0 Å². The molecule has 0 radical (unpaired) electrons. The van der Waals surface area contributed by atoms with Crippen LogP contribution in [0.2, 0.25) is 0 Å². The zero-order valence-corrected chi connectivity index (χ0v) is 16.0. The first-order chi connectivity index (χ1) is 13.6. The van der Waals surface area contributed by atoms with E-state index in [1.807, 2.05) is 30.2 Å². The van der Waals surface area contributed by atoms with Gasteiger partial charge in [0.15, 0.2) is 5.82 Å². The summed E-state index contributed by atoms with van der Waals surface area (Å²) in [6.07, 6.45) is 5.66. The summed E-state index contributed by atoms with van der Waals surface area (Å²) in [6, 6.07) is 4.24. The van der Waals surface area contributed by atoms with Gasteiger partial charge in [-0.15, -0.1) is 0 Å². The summed E-state index contributed by atoms with van der Waals surface area (Å²) in [6.45, 7) is 3.51. The molecule has 9 heteroatoms. The van der Waals surface area contributed by atoms with Crippen LogP contribution in [0.1, 0.15) is 18.5 Å². The second-order valence-corrected chi connectivity index (χ2v) is 7.96. The predicted molar refractivity (Wildman–Crippen MR) is 106 cm³/mol. The lowest BCUT2D eigenvalue weighted by atomic mass is 10.0. The fraction of sp³-hybridized carbons (Fsp3) is 0.474. The minimum atomic E-state index is -0.0596. The van der Waals surface area contributed by atoms with Gasteiger partial charge in [0.2, 0.25) is 0 Å². The SMILES string of the molecule is Cc1cc(NC(=O)N2C[C@H]3C[C@@H](N(C)c4ncnc5[nH]ccc45)C[C@H]3C2)n[nH]1. The molecule has 2 fully saturated rings. The van der Waals surface area contributed by atoms with E-state index in [2.05, 4.69) is 42.4 Å². The van der Waals surface area contributed by atoms with Crippen molar-refractivity contribution in [1.29, 1.82) is 0 Å². The van der Waals surface area contributed by atoms with Crippen molar-refractivity contribution in [2.24, 2.45) is 11.8 Å². The number of likely N-dealkylation sites (tertiary alicyclic amines) is 1. The highest BCUT2D eigenvalue weighted by atomic mass is 16.2. The van der Waals surface area contributed by atoms with E-state index in [1.54, 1.807) is 6.33 Å². The fourth-order valence-electron chi connectivity index (χ4n) is 4.73. The van der Waals surface area contributed by atoms with Crippen molar-refractivity contribution in [2.75, 3.05) is 30.4 Å². The molecule has 3 N–H and O–H groups in total. The lowest BCUT2D eigenvalue weighted by molar-refractivity contribution is 0.218. The van der Waals surface area contributed by atoms with Gasteiger partial charge >= 0.3 is 6.03 Å². The van der Waals surface area contributed by atoms with Crippen molar-refractivity contribution in [2.45, 2.75) is 25.8 Å². The van der Waals surface area contributed by atoms with E-state index in [-0.39, 0.29) is 6.03 Å². The molecular weight excluding hydrogens is 356 g/mol. The number of aryl methyl sites for hydroxylation is 1. The van der Waals surface area contributed by atoms with Crippen LogP contribution in [0.4, 0.5) is 16.4 Å². The molecule has 2 amide bonds. The Morgan fingerprint density at radius 1 is 1.29 bits per heavy atom. The van der Waals surface area contributed by atoms with Crippen LogP contribution in [-0.4, -0.2) is 62.3 Å². The van der Waals surface area contributed by atoms with E-state index in [9.17, 15) is 4.79 Å². The molecule has 0 bridgehead atoms. The number of amides is 2. The van der Waals surface area contributed by atoms with Crippen LogP contribution in [0, 0.1) is 18.8 Å². The number of rotatable bonds is 3. The van der Waals surface area contributed by atoms with Crippen molar-refractivity contribution in [3.8, 4) is 0 Å². The summed E-state index contributed by atoms with van der Waals surface area (Å²) in [5, 5.41) is 10.9. The summed E-state index contributed by atoms with van der Waals surface area (Å²) in [7, 11) is 2.12. The molecule has 28 heavy (non-hydrogen) atoms. The van der Waals surface area contributed by atoms with Gasteiger partial charge in [0, 0.05) is 44.1 Å². The third-order valence-corrected chi connectivity index (χ3v) is 6.17. The highest BCUT2D eigenvalue weighted by Gasteiger charge is 2.44. The van der Waals surface area contributed by atoms with Crippen molar-refractivity contribution in [1.82, 2.24) is 30.0 Å². The molecule has 3 atom stereocenters. The molecular formula is C19H24N8O. The number of fused-ring (bicyclic) bond motifs is 2. The Labute approximate surface area is 162 Å². The molecule has 9 nitrogen and oxygen atoms in total. The van der Waals surface area contributed by atoms with E-state index in [0.29, 0.717) is 23.7 Å². The Kier molecular flexibility index (Phi) is 3.96. The van der Waals surface area contributed by atoms with E-state index < -0.39 is 0 Å². The maximum Gasteiger partial charge on any atom is 0.323 e. The molecule has 1 aliphatic carbocycles. The Morgan fingerprint density at radius 2 is 2.07 bits per heavy atom. The zero-order valence-electron chi connectivity index (χ0n) is 16.0. The number of aromatic nitrogens is 5. The number of hydrogen-bond acceptors (Lipinski definition) is 5. The maximum atomic E-state index is 12.5. The smallest absolute Gasteiger partial charge is 0.323 e. The summed E-state index contributed by atoms with van der Waals surface area (Å²) >= 11 is 0. The van der Waals surface area contributed by atoms with E-state index >= 15 is 0 Å². The normalized spacial score (nSPS) is 23.9. The van der Waals surface area contributed by atoms with Crippen molar-refractivity contribution in [3.05, 3.63) is 30.4 Å². The van der Waals surface area contributed by atoms with Crippen LogP contribution in [0.3, 0.4) is 0 Å². The van der Waals surface area contributed by atoms with Crippen LogP contribution in [0.5, 0.6) is 0 Å². The number of carbonyl (C=O) groups excluding carboxylic acids is 1. The highest BCUT2D eigenvalue weighted by molar-refractivity contribution is 5.89. The van der Waals surface area contributed by atoms with Crippen LogP contribution in [0.15, 0.2) is 24.7 Å². The molecule has 1 saturated carbocycles. The lowest BCUT2D eigenvalue weighted by Crippen LogP contribution is -2.36. The maximum absolute atomic E-state index is 12.5. The van der Waals surface area contributed by atoms with Gasteiger partial charge in [0.1, 0.15) is 17.8 Å². The van der Waals surface area contributed by atoms with Crippen LogP contribution >= 0.6 is 0 Å². The molecule has 3 aromatic heterocycles. The molecule has 2 aliphatic rings. The van der Waals surface area contributed by atoms with Gasteiger partial charge < -0.3 is 14.8 Å². The molecule has 0 unspecified atom stereocenters. The largest absolute Gasteiger partial charge is 0.356 e. The van der Waals surface area contributed by atoms with E-state index in [0.717, 1.165) is 48.5 Å². The second kappa shape index (κ2) is 6.50. The van der Waals surface area contributed by atoms with Crippen molar-refractivity contribution < 1.29 is 4.79 Å². The molecule has 146 valence electrons. The quantitative estimate of drug-likeness (QED) is 0.647. The van der Waals surface area contributed by atoms with Gasteiger partial charge in [0.25, 0.3) is 0 Å². The highest BCUT2D eigenvalue weighted by Crippen LogP contribution is 2.41. The Bertz CT molecular complexity index is 996. The molecule has 3 aromatic rings. The summed E-state index contributed by atoms with van der Waals surface area (Å²) in [5.74, 6) is 2.61. The molecule has 5 rings (SSSR count). The average Bonchev–Trinajstić information content (AvgIpc) is 3.43. The number of carbonyl (C=O) groups is 1. The minimum Gasteiger partial charge on any atom is -0.356 e. The average molecular weight is 380 g/mol. The third kappa shape index (κ3) is 2.87. The Morgan fingerprint density at radius 3 is 2.79 bits per heavy atom. The van der Waals surface area contributed by atoms with Crippen LogP contribution in [0.25, 0.3) is 11.0 Å². The van der Waals surface area contributed by atoms with Gasteiger partial charge in [0.05, 0.1) is 5.39 Å². The summed E-state index contributed by atoms with van der Waals surface area (Å²) in [5.41, 5.74) is 1.80. The topological polar surface area (TPSA) is 106 Å².